The van der Waals surface area contributed by atoms with Gasteiger partial charge in [0.2, 0.25) is 0 Å². The third-order valence-corrected chi connectivity index (χ3v) is 5.03. The molecule has 1 aliphatic rings. The van der Waals surface area contributed by atoms with E-state index in [1.165, 1.54) is 5.82 Å². The molecule has 0 saturated carbocycles. The third-order valence-electron chi connectivity index (χ3n) is 4.60. The molecule has 1 saturated heterocycles. The fraction of sp³-hybridized carbons (Fsp3) is 0.647. The fourth-order valence-corrected chi connectivity index (χ4v) is 3.88. The average molecular weight is 380 g/mol. The first-order valence-corrected chi connectivity index (χ1v) is 9.42. The largest absolute Gasteiger partial charge is 0.312 e. The number of piperazine rings is 1. The van der Waals surface area contributed by atoms with E-state index in [0.29, 0.717) is 12.1 Å². The highest BCUT2D eigenvalue weighted by Crippen LogP contribution is 2.29. The maximum Gasteiger partial charge on any atom is 0.160 e. The molecule has 3 rings (SSSR count). The lowest BCUT2D eigenvalue weighted by molar-refractivity contribution is 0.133. The zero-order valence-corrected chi connectivity index (χ0v) is 15.8. The van der Waals surface area contributed by atoms with E-state index in [2.05, 4.69) is 62.5 Å². The number of aryl methyl sites for hydroxylation is 1. The maximum atomic E-state index is 4.97. The van der Waals surface area contributed by atoms with E-state index in [1.807, 2.05) is 6.20 Å². The van der Waals surface area contributed by atoms with E-state index in [0.717, 1.165) is 54.7 Å². The summed E-state index contributed by atoms with van der Waals surface area (Å²) >= 11 is 3.51. The Morgan fingerprint density at radius 2 is 2.26 bits per heavy atom. The predicted molar refractivity (Wildman–Crippen MR) is 97.6 cm³/mol. The number of fused-ring (bicyclic) bond motifs is 1. The molecule has 3 heterocycles. The summed E-state index contributed by atoms with van der Waals surface area (Å²) in [6, 6.07) is 2.98. The van der Waals surface area contributed by atoms with Crippen molar-refractivity contribution in [3.63, 3.8) is 0 Å². The summed E-state index contributed by atoms with van der Waals surface area (Å²) in [4.78, 5) is 12.2. The van der Waals surface area contributed by atoms with Gasteiger partial charge in [0, 0.05) is 42.9 Å². The average Bonchev–Trinajstić information content (AvgIpc) is 2.89. The molecule has 1 N–H and O–H groups in total. The molecule has 5 nitrogen and oxygen atoms in total. The molecule has 1 aliphatic heterocycles. The highest BCUT2D eigenvalue weighted by Gasteiger charge is 2.28. The van der Waals surface area contributed by atoms with Crippen molar-refractivity contribution in [1.29, 1.82) is 0 Å². The van der Waals surface area contributed by atoms with Crippen molar-refractivity contribution in [3.8, 4) is 0 Å². The summed E-state index contributed by atoms with van der Waals surface area (Å²) in [7, 11) is 0. The molecule has 0 bridgehead atoms. The number of aromatic nitrogens is 3. The lowest BCUT2D eigenvalue weighted by atomic mass is 10.1. The van der Waals surface area contributed by atoms with Crippen LogP contribution in [0.3, 0.4) is 0 Å². The number of halogens is 1. The molecule has 0 aliphatic carbocycles. The number of hydrogen-bond acceptors (Lipinski definition) is 4. The van der Waals surface area contributed by atoms with Crippen LogP contribution in [0.15, 0.2) is 16.7 Å². The number of imidazole rings is 1. The van der Waals surface area contributed by atoms with E-state index in [-0.39, 0.29) is 0 Å². The van der Waals surface area contributed by atoms with Crippen molar-refractivity contribution in [2.24, 2.45) is 0 Å². The second-order valence-corrected chi connectivity index (χ2v) is 7.28. The van der Waals surface area contributed by atoms with E-state index >= 15 is 0 Å². The maximum absolute atomic E-state index is 4.97. The zero-order valence-electron chi connectivity index (χ0n) is 14.2. The summed E-state index contributed by atoms with van der Waals surface area (Å²) in [5.41, 5.74) is 1.98. The van der Waals surface area contributed by atoms with Gasteiger partial charge in [-0.15, -0.1) is 0 Å². The normalized spacial score (nSPS) is 21.0. The molecule has 0 spiro atoms. The molecule has 0 unspecified atom stereocenters. The van der Waals surface area contributed by atoms with Gasteiger partial charge in [-0.1, -0.05) is 13.3 Å². The van der Waals surface area contributed by atoms with Gasteiger partial charge in [-0.05, 0) is 42.3 Å². The second kappa shape index (κ2) is 7.28. The molecule has 0 radical (unpaired) electrons. The molecule has 0 amide bonds. The standard InChI is InChI=1S/C17H26BrN5/c1-4-6-15(22-8-7-19-12(3)11-22)17-21-14-9-13(18)10-20-16(14)23(17)5-2/h9-10,12,15,19H,4-8,11H2,1-3H3/t12-,15-/m0/s1. The van der Waals surface area contributed by atoms with E-state index in [9.17, 15) is 0 Å². The van der Waals surface area contributed by atoms with Gasteiger partial charge in [0.25, 0.3) is 0 Å². The van der Waals surface area contributed by atoms with E-state index in [1.54, 1.807) is 0 Å². The zero-order chi connectivity index (χ0) is 16.4. The van der Waals surface area contributed by atoms with Gasteiger partial charge in [0.1, 0.15) is 11.3 Å². The molecule has 6 heteroatoms. The number of rotatable bonds is 5. The van der Waals surface area contributed by atoms with Crippen LogP contribution < -0.4 is 5.32 Å². The molecule has 126 valence electrons. The lowest BCUT2D eigenvalue weighted by Crippen LogP contribution is -2.50. The van der Waals surface area contributed by atoms with Gasteiger partial charge >= 0.3 is 0 Å². The Labute approximate surface area is 146 Å². The Morgan fingerprint density at radius 3 is 2.96 bits per heavy atom. The van der Waals surface area contributed by atoms with Crippen molar-refractivity contribution in [2.45, 2.75) is 52.2 Å². The minimum atomic E-state index is 0.373. The van der Waals surface area contributed by atoms with Crippen LogP contribution in [0.5, 0.6) is 0 Å². The van der Waals surface area contributed by atoms with Crippen molar-refractivity contribution in [1.82, 2.24) is 24.8 Å². The first-order chi connectivity index (χ1) is 11.1. The monoisotopic (exact) mass is 379 g/mol. The predicted octanol–water partition coefficient (Wildman–Crippen LogP) is 3.35. The minimum absolute atomic E-state index is 0.373. The molecular formula is C17H26BrN5. The first kappa shape index (κ1) is 16.9. The molecule has 2 aromatic heterocycles. The number of pyridine rings is 1. The van der Waals surface area contributed by atoms with Gasteiger partial charge in [0.05, 0.1) is 6.04 Å². The third kappa shape index (κ3) is 3.44. The number of nitrogens with one attached hydrogen (secondary N) is 1. The van der Waals surface area contributed by atoms with Crippen molar-refractivity contribution in [3.05, 3.63) is 22.6 Å². The Hall–Kier alpha value is -0.980. The first-order valence-electron chi connectivity index (χ1n) is 8.63. The Bertz CT molecular complexity index is 668. The van der Waals surface area contributed by atoms with Crippen molar-refractivity contribution >= 4 is 27.1 Å². The second-order valence-electron chi connectivity index (χ2n) is 6.37. The van der Waals surface area contributed by atoms with E-state index < -0.39 is 0 Å². The van der Waals surface area contributed by atoms with Crippen LogP contribution in [0.2, 0.25) is 0 Å². The van der Waals surface area contributed by atoms with Gasteiger partial charge < -0.3 is 9.88 Å². The summed E-state index contributed by atoms with van der Waals surface area (Å²) in [5.74, 6) is 1.17. The van der Waals surface area contributed by atoms with Crippen LogP contribution in [0.25, 0.3) is 11.2 Å². The smallest absolute Gasteiger partial charge is 0.160 e. The van der Waals surface area contributed by atoms with Crippen LogP contribution in [0.1, 0.15) is 45.5 Å². The highest BCUT2D eigenvalue weighted by molar-refractivity contribution is 9.10. The molecular weight excluding hydrogens is 354 g/mol. The van der Waals surface area contributed by atoms with E-state index in [4.69, 9.17) is 4.98 Å². The van der Waals surface area contributed by atoms with Crippen LogP contribution in [0.4, 0.5) is 0 Å². The number of nitrogens with zero attached hydrogens (tertiary/aromatic N) is 4. The molecule has 23 heavy (non-hydrogen) atoms. The quantitative estimate of drug-likeness (QED) is 0.864. The summed E-state index contributed by atoms with van der Waals surface area (Å²) in [6.07, 6.45) is 4.16. The Morgan fingerprint density at radius 1 is 1.43 bits per heavy atom. The Balaban J connectivity index is 2.03. The topological polar surface area (TPSA) is 46.0 Å². The highest BCUT2D eigenvalue weighted by atomic mass is 79.9. The fourth-order valence-electron chi connectivity index (χ4n) is 3.56. The van der Waals surface area contributed by atoms with Crippen LogP contribution in [-0.4, -0.2) is 45.1 Å². The minimum Gasteiger partial charge on any atom is -0.312 e. The van der Waals surface area contributed by atoms with Gasteiger partial charge in [-0.3, -0.25) is 4.90 Å². The summed E-state index contributed by atoms with van der Waals surface area (Å²) < 4.78 is 3.27. The molecule has 2 atom stereocenters. The Kier molecular flexibility index (Phi) is 5.34. The molecule has 1 fully saturated rings. The molecule has 2 aromatic rings. The van der Waals surface area contributed by atoms with Gasteiger partial charge in [-0.25, -0.2) is 9.97 Å². The van der Waals surface area contributed by atoms with Crippen molar-refractivity contribution in [2.75, 3.05) is 19.6 Å². The number of hydrogen-bond donors (Lipinski definition) is 1. The SMILES string of the molecule is CCC[C@@H](c1nc2cc(Br)cnc2n1CC)N1CCN[C@@H](C)C1. The summed E-state index contributed by atoms with van der Waals surface area (Å²) in [6.45, 7) is 10.8. The van der Waals surface area contributed by atoms with Crippen LogP contribution in [-0.2, 0) is 6.54 Å². The molecule has 0 aromatic carbocycles. The van der Waals surface area contributed by atoms with Gasteiger partial charge in [-0.2, -0.15) is 0 Å². The van der Waals surface area contributed by atoms with Crippen molar-refractivity contribution < 1.29 is 0 Å². The lowest BCUT2D eigenvalue weighted by Gasteiger charge is -2.37. The van der Waals surface area contributed by atoms with Crippen LogP contribution >= 0.6 is 15.9 Å². The summed E-state index contributed by atoms with van der Waals surface area (Å²) in [5, 5.41) is 3.54. The van der Waals surface area contributed by atoms with Gasteiger partial charge in [0.15, 0.2) is 5.65 Å². The van der Waals surface area contributed by atoms with Crippen LogP contribution in [0, 0.1) is 0 Å².